The first-order valence-corrected chi connectivity index (χ1v) is 7.83. The Hall–Kier alpha value is -1.46. The van der Waals surface area contributed by atoms with E-state index in [4.69, 9.17) is 5.73 Å². The van der Waals surface area contributed by atoms with Crippen molar-refractivity contribution in [3.8, 4) is 0 Å². The number of aromatic nitrogens is 3. The maximum absolute atomic E-state index is 5.95. The second kappa shape index (κ2) is 5.73. The highest BCUT2D eigenvalue weighted by molar-refractivity contribution is 5.34. The van der Waals surface area contributed by atoms with Gasteiger partial charge in [-0.15, -0.1) is 0 Å². The van der Waals surface area contributed by atoms with Crippen molar-refractivity contribution < 1.29 is 0 Å². The Balaban J connectivity index is 1.83. The van der Waals surface area contributed by atoms with Crippen LogP contribution >= 0.6 is 0 Å². The van der Waals surface area contributed by atoms with Gasteiger partial charge in [-0.25, -0.2) is 9.97 Å². The molecule has 2 aromatic rings. The normalized spacial score (nSPS) is 23.8. The monoisotopic (exact) mass is 287 g/mol. The topological polar surface area (TPSA) is 59.5 Å². The Bertz CT molecular complexity index is 633. The van der Waals surface area contributed by atoms with Crippen LogP contribution in [0.15, 0.2) is 12.3 Å². The Kier molecular flexibility index (Phi) is 3.95. The first kappa shape index (κ1) is 14.5. The minimum Gasteiger partial charge on any atom is -0.329 e. The van der Waals surface area contributed by atoms with Crippen molar-refractivity contribution in [3.05, 3.63) is 29.3 Å². The van der Waals surface area contributed by atoms with Crippen molar-refractivity contribution in [3.63, 3.8) is 0 Å². The summed E-state index contributed by atoms with van der Waals surface area (Å²) in [5.41, 5.74) is 9.23. The molecule has 2 atom stereocenters. The number of fused-ring (bicyclic) bond motifs is 1. The Labute approximate surface area is 126 Å². The molecule has 21 heavy (non-hydrogen) atoms. The Morgan fingerprint density at radius 1 is 1.33 bits per heavy atom. The van der Waals surface area contributed by atoms with Gasteiger partial charge >= 0.3 is 0 Å². The molecule has 1 fully saturated rings. The van der Waals surface area contributed by atoms with Crippen molar-refractivity contribution >= 4 is 5.78 Å². The van der Waals surface area contributed by atoms with E-state index in [-0.39, 0.29) is 0 Å². The molecule has 0 aromatic carbocycles. The van der Waals surface area contributed by atoms with Gasteiger partial charge in [-0.3, -0.25) is 9.30 Å². The largest absolute Gasteiger partial charge is 0.329 e. The van der Waals surface area contributed by atoms with Gasteiger partial charge in [0.15, 0.2) is 0 Å². The Morgan fingerprint density at radius 2 is 2.14 bits per heavy atom. The quantitative estimate of drug-likeness (QED) is 0.937. The van der Waals surface area contributed by atoms with Crippen LogP contribution in [0.2, 0.25) is 0 Å². The molecule has 5 heteroatoms. The van der Waals surface area contributed by atoms with E-state index >= 15 is 0 Å². The summed E-state index contributed by atoms with van der Waals surface area (Å²) in [5.74, 6) is 1.58. The van der Waals surface area contributed by atoms with E-state index in [0.29, 0.717) is 6.04 Å². The number of nitrogens with zero attached hydrogens (tertiary/aromatic N) is 4. The maximum atomic E-state index is 5.95. The van der Waals surface area contributed by atoms with Gasteiger partial charge in [0.2, 0.25) is 5.78 Å². The van der Waals surface area contributed by atoms with E-state index < -0.39 is 0 Å². The first-order valence-electron chi connectivity index (χ1n) is 7.83. The van der Waals surface area contributed by atoms with E-state index in [0.717, 1.165) is 42.7 Å². The van der Waals surface area contributed by atoms with E-state index in [2.05, 4.69) is 45.4 Å². The van der Waals surface area contributed by atoms with E-state index in [9.17, 15) is 0 Å². The molecule has 0 spiro atoms. The number of hydrogen-bond donors (Lipinski definition) is 1. The maximum Gasteiger partial charge on any atom is 0.234 e. The standard InChI is InChI=1S/C16H25N5/c1-11-4-5-20(15(6-11)8-17)9-14-10-21-13(3)7-12(2)18-16(21)19-14/h7,10-11,15H,4-6,8-9,17H2,1-3H3. The average Bonchev–Trinajstić information content (AvgIpc) is 2.83. The van der Waals surface area contributed by atoms with Gasteiger partial charge in [-0.05, 0) is 45.2 Å². The summed E-state index contributed by atoms with van der Waals surface area (Å²) in [6.45, 7) is 9.14. The molecule has 3 rings (SSSR count). The Morgan fingerprint density at radius 3 is 2.90 bits per heavy atom. The lowest BCUT2D eigenvalue weighted by Gasteiger charge is -2.37. The summed E-state index contributed by atoms with van der Waals surface area (Å²) >= 11 is 0. The third kappa shape index (κ3) is 2.94. The zero-order chi connectivity index (χ0) is 15.0. The van der Waals surface area contributed by atoms with Crippen molar-refractivity contribution in [1.29, 1.82) is 0 Å². The molecule has 2 N–H and O–H groups in total. The van der Waals surface area contributed by atoms with Crippen LogP contribution in [-0.4, -0.2) is 38.4 Å². The minimum atomic E-state index is 0.481. The van der Waals surface area contributed by atoms with Crippen molar-refractivity contribution in [1.82, 2.24) is 19.3 Å². The third-order valence-electron chi connectivity index (χ3n) is 4.55. The lowest BCUT2D eigenvalue weighted by atomic mass is 9.92. The van der Waals surface area contributed by atoms with Crippen LogP contribution in [0.4, 0.5) is 0 Å². The predicted octanol–water partition coefficient (Wildman–Crippen LogP) is 1.91. The fourth-order valence-corrected chi connectivity index (χ4v) is 3.36. The van der Waals surface area contributed by atoms with Gasteiger partial charge < -0.3 is 5.73 Å². The second-order valence-corrected chi connectivity index (χ2v) is 6.43. The van der Waals surface area contributed by atoms with E-state index in [1.807, 2.05) is 6.92 Å². The summed E-state index contributed by atoms with van der Waals surface area (Å²) in [6, 6.07) is 2.57. The summed E-state index contributed by atoms with van der Waals surface area (Å²) in [6.07, 6.45) is 4.56. The molecule has 0 bridgehead atoms. The molecule has 1 saturated heterocycles. The van der Waals surface area contributed by atoms with Crippen molar-refractivity contribution in [2.45, 2.75) is 46.2 Å². The van der Waals surface area contributed by atoms with Crippen molar-refractivity contribution in [2.24, 2.45) is 11.7 Å². The molecule has 2 unspecified atom stereocenters. The molecule has 1 aliphatic heterocycles. The third-order valence-corrected chi connectivity index (χ3v) is 4.55. The van der Waals surface area contributed by atoms with Crippen LogP contribution in [-0.2, 0) is 6.54 Å². The summed E-state index contributed by atoms with van der Waals surface area (Å²) in [5, 5.41) is 0. The molecule has 0 aliphatic carbocycles. The first-order chi connectivity index (χ1) is 10.1. The summed E-state index contributed by atoms with van der Waals surface area (Å²) < 4.78 is 2.08. The molecular weight excluding hydrogens is 262 g/mol. The van der Waals surface area contributed by atoms with E-state index in [1.165, 1.54) is 18.5 Å². The molecule has 5 nitrogen and oxygen atoms in total. The number of rotatable bonds is 3. The fraction of sp³-hybridized carbons (Fsp3) is 0.625. The number of nitrogens with two attached hydrogens (primary N) is 1. The molecule has 3 heterocycles. The van der Waals surface area contributed by atoms with Gasteiger partial charge in [0.1, 0.15) is 0 Å². The van der Waals surface area contributed by atoms with Gasteiger partial charge in [-0.1, -0.05) is 6.92 Å². The zero-order valence-corrected chi connectivity index (χ0v) is 13.2. The molecule has 0 saturated carbocycles. The fourth-order valence-electron chi connectivity index (χ4n) is 3.36. The highest BCUT2D eigenvalue weighted by Gasteiger charge is 2.25. The van der Waals surface area contributed by atoms with Crippen LogP contribution in [0.3, 0.4) is 0 Å². The highest BCUT2D eigenvalue weighted by atomic mass is 15.2. The van der Waals surface area contributed by atoms with Crippen LogP contribution in [0.25, 0.3) is 5.78 Å². The average molecular weight is 287 g/mol. The van der Waals surface area contributed by atoms with Gasteiger partial charge in [-0.2, -0.15) is 0 Å². The number of piperidine rings is 1. The van der Waals surface area contributed by atoms with Gasteiger partial charge in [0, 0.05) is 36.7 Å². The van der Waals surface area contributed by atoms with Crippen LogP contribution in [0.1, 0.15) is 36.8 Å². The lowest BCUT2D eigenvalue weighted by Crippen LogP contribution is -2.45. The molecular formula is C16H25N5. The van der Waals surface area contributed by atoms with Crippen molar-refractivity contribution in [2.75, 3.05) is 13.1 Å². The minimum absolute atomic E-state index is 0.481. The van der Waals surface area contributed by atoms with Crippen LogP contribution < -0.4 is 5.73 Å². The smallest absolute Gasteiger partial charge is 0.234 e. The molecule has 0 radical (unpaired) electrons. The zero-order valence-electron chi connectivity index (χ0n) is 13.2. The van der Waals surface area contributed by atoms with Gasteiger partial charge in [0.05, 0.1) is 5.69 Å². The molecule has 1 aliphatic rings. The van der Waals surface area contributed by atoms with Crippen LogP contribution in [0, 0.1) is 19.8 Å². The highest BCUT2D eigenvalue weighted by Crippen LogP contribution is 2.23. The summed E-state index contributed by atoms with van der Waals surface area (Å²) in [4.78, 5) is 11.7. The van der Waals surface area contributed by atoms with E-state index in [1.54, 1.807) is 0 Å². The second-order valence-electron chi connectivity index (χ2n) is 6.43. The lowest BCUT2D eigenvalue weighted by molar-refractivity contribution is 0.114. The number of aryl methyl sites for hydroxylation is 2. The number of imidazole rings is 1. The molecule has 0 amide bonds. The van der Waals surface area contributed by atoms with Crippen LogP contribution in [0.5, 0.6) is 0 Å². The molecule has 114 valence electrons. The predicted molar refractivity (Wildman–Crippen MR) is 84.1 cm³/mol. The summed E-state index contributed by atoms with van der Waals surface area (Å²) in [7, 11) is 0. The number of likely N-dealkylation sites (tertiary alicyclic amines) is 1. The number of hydrogen-bond acceptors (Lipinski definition) is 4. The molecule has 2 aromatic heterocycles. The van der Waals surface area contributed by atoms with Gasteiger partial charge in [0.25, 0.3) is 0 Å². The SMILES string of the molecule is Cc1cc(C)n2cc(CN3CCC(C)CC3CN)nc2n1.